The van der Waals surface area contributed by atoms with Gasteiger partial charge in [-0.15, -0.1) is 0 Å². The van der Waals surface area contributed by atoms with E-state index in [4.69, 9.17) is 4.74 Å². The molecule has 106 valence electrons. The van der Waals surface area contributed by atoms with Crippen molar-refractivity contribution in [3.63, 3.8) is 0 Å². The summed E-state index contributed by atoms with van der Waals surface area (Å²) >= 11 is 3.57. The van der Waals surface area contributed by atoms with Gasteiger partial charge < -0.3 is 10.1 Å². The van der Waals surface area contributed by atoms with Crippen LogP contribution in [0.25, 0.3) is 0 Å². The molecule has 0 amide bonds. The van der Waals surface area contributed by atoms with Crippen LogP contribution >= 0.6 is 15.9 Å². The molecule has 2 aromatic carbocycles. The molecule has 0 saturated heterocycles. The molecule has 2 rings (SSSR count). The van der Waals surface area contributed by atoms with Crippen LogP contribution in [0.2, 0.25) is 0 Å². The van der Waals surface area contributed by atoms with Crippen LogP contribution in [0.1, 0.15) is 23.6 Å². The van der Waals surface area contributed by atoms with Crippen molar-refractivity contribution in [2.75, 3.05) is 11.9 Å². The lowest BCUT2D eigenvalue weighted by Gasteiger charge is -2.13. The van der Waals surface area contributed by atoms with E-state index in [1.807, 2.05) is 6.92 Å². The molecule has 0 aliphatic carbocycles. The van der Waals surface area contributed by atoms with Crippen molar-refractivity contribution in [1.82, 2.24) is 0 Å². The van der Waals surface area contributed by atoms with Gasteiger partial charge in [-0.2, -0.15) is 0 Å². The molecule has 0 aromatic heterocycles. The SMILES string of the molecule is CCOc1cc(C)ccc1NCc1ccc(C)c(Br)c1. The molecule has 2 nitrogen and oxygen atoms in total. The number of hydrogen-bond acceptors (Lipinski definition) is 2. The third kappa shape index (κ3) is 3.76. The highest BCUT2D eigenvalue weighted by Gasteiger charge is 2.04. The molecule has 0 bridgehead atoms. The Morgan fingerprint density at radius 2 is 1.90 bits per heavy atom. The topological polar surface area (TPSA) is 21.3 Å². The average Bonchev–Trinajstić information content (AvgIpc) is 2.42. The van der Waals surface area contributed by atoms with Crippen molar-refractivity contribution in [1.29, 1.82) is 0 Å². The van der Waals surface area contributed by atoms with Gasteiger partial charge in [0, 0.05) is 11.0 Å². The smallest absolute Gasteiger partial charge is 0.142 e. The Labute approximate surface area is 129 Å². The lowest BCUT2D eigenvalue weighted by atomic mass is 10.1. The van der Waals surface area contributed by atoms with Crippen molar-refractivity contribution in [3.05, 3.63) is 57.6 Å². The van der Waals surface area contributed by atoms with E-state index in [1.165, 1.54) is 16.7 Å². The molecule has 0 radical (unpaired) electrons. The van der Waals surface area contributed by atoms with Crippen LogP contribution in [0.4, 0.5) is 5.69 Å². The Morgan fingerprint density at radius 1 is 1.10 bits per heavy atom. The van der Waals surface area contributed by atoms with Crippen molar-refractivity contribution in [2.24, 2.45) is 0 Å². The second-order valence-corrected chi connectivity index (χ2v) is 5.72. The lowest BCUT2D eigenvalue weighted by Crippen LogP contribution is -2.03. The molecule has 0 heterocycles. The van der Waals surface area contributed by atoms with E-state index in [0.29, 0.717) is 6.61 Å². The molecule has 0 aliphatic heterocycles. The average molecular weight is 334 g/mol. The van der Waals surface area contributed by atoms with E-state index in [0.717, 1.165) is 22.5 Å². The number of ether oxygens (including phenoxy) is 1. The fourth-order valence-corrected chi connectivity index (χ4v) is 2.42. The zero-order valence-electron chi connectivity index (χ0n) is 12.2. The zero-order valence-corrected chi connectivity index (χ0v) is 13.8. The van der Waals surface area contributed by atoms with E-state index in [1.54, 1.807) is 0 Å². The van der Waals surface area contributed by atoms with E-state index in [-0.39, 0.29) is 0 Å². The van der Waals surface area contributed by atoms with Gasteiger partial charge in [0.05, 0.1) is 12.3 Å². The minimum atomic E-state index is 0.675. The second kappa shape index (κ2) is 6.80. The van der Waals surface area contributed by atoms with Gasteiger partial charge in [-0.05, 0) is 55.7 Å². The monoisotopic (exact) mass is 333 g/mol. The van der Waals surface area contributed by atoms with Crippen LogP contribution in [0.5, 0.6) is 5.75 Å². The molecule has 3 heteroatoms. The predicted octanol–water partition coefficient (Wildman–Crippen LogP) is 5.08. The number of benzene rings is 2. The third-order valence-corrected chi connectivity index (χ3v) is 4.01. The maximum atomic E-state index is 5.68. The molecule has 0 saturated carbocycles. The zero-order chi connectivity index (χ0) is 14.5. The Kier molecular flexibility index (Phi) is 5.07. The number of nitrogens with one attached hydrogen (secondary N) is 1. The molecule has 20 heavy (non-hydrogen) atoms. The van der Waals surface area contributed by atoms with Crippen molar-refractivity contribution in [3.8, 4) is 5.75 Å². The van der Waals surface area contributed by atoms with Crippen molar-refractivity contribution >= 4 is 21.6 Å². The highest BCUT2D eigenvalue weighted by atomic mass is 79.9. The number of hydrogen-bond donors (Lipinski definition) is 1. The Bertz CT molecular complexity index is 596. The quantitative estimate of drug-likeness (QED) is 0.824. The van der Waals surface area contributed by atoms with Gasteiger partial charge in [-0.25, -0.2) is 0 Å². The Hall–Kier alpha value is -1.48. The highest BCUT2D eigenvalue weighted by molar-refractivity contribution is 9.10. The first-order chi connectivity index (χ1) is 9.60. The molecule has 0 unspecified atom stereocenters. The van der Waals surface area contributed by atoms with Crippen LogP contribution in [0, 0.1) is 13.8 Å². The predicted molar refractivity (Wildman–Crippen MR) is 88.6 cm³/mol. The molecule has 0 atom stereocenters. The second-order valence-electron chi connectivity index (χ2n) is 4.87. The van der Waals surface area contributed by atoms with Gasteiger partial charge in [0.25, 0.3) is 0 Å². The van der Waals surface area contributed by atoms with E-state index in [9.17, 15) is 0 Å². The van der Waals surface area contributed by atoms with Crippen LogP contribution in [0.3, 0.4) is 0 Å². The van der Waals surface area contributed by atoms with Gasteiger partial charge >= 0.3 is 0 Å². The molecule has 0 spiro atoms. The maximum Gasteiger partial charge on any atom is 0.142 e. The van der Waals surface area contributed by atoms with Crippen molar-refractivity contribution < 1.29 is 4.74 Å². The summed E-state index contributed by atoms with van der Waals surface area (Å²) in [7, 11) is 0. The largest absolute Gasteiger partial charge is 0.492 e. The van der Waals surface area contributed by atoms with Crippen LogP contribution < -0.4 is 10.1 Å². The Morgan fingerprint density at radius 3 is 2.60 bits per heavy atom. The fraction of sp³-hybridized carbons (Fsp3) is 0.294. The van der Waals surface area contributed by atoms with E-state index in [2.05, 4.69) is 71.5 Å². The minimum absolute atomic E-state index is 0.675. The summed E-state index contributed by atoms with van der Waals surface area (Å²) in [4.78, 5) is 0. The first-order valence-electron chi connectivity index (χ1n) is 6.82. The Balaban J connectivity index is 2.11. The summed E-state index contributed by atoms with van der Waals surface area (Å²) in [5.41, 5.74) is 4.73. The fourth-order valence-electron chi connectivity index (χ4n) is 1.99. The van der Waals surface area contributed by atoms with Gasteiger partial charge in [0.1, 0.15) is 5.75 Å². The molecule has 1 N–H and O–H groups in total. The molecule has 0 aliphatic rings. The summed E-state index contributed by atoms with van der Waals surface area (Å²) in [6.45, 7) is 7.62. The minimum Gasteiger partial charge on any atom is -0.492 e. The van der Waals surface area contributed by atoms with Gasteiger partial charge in [0.15, 0.2) is 0 Å². The van der Waals surface area contributed by atoms with Gasteiger partial charge in [-0.1, -0.05) is 34.1 Å². The van der Waals surface area contributed by atoms with Crippen LogP contribution in [0.15, 0.2) is 40.9 Å². The first kappa shape index (κ1) is 14.9. The number of aryl methyl sites for hydroxylation is 2. The summed E-state index contributed by atoms with van der Waals surface area (Å²) in [6, 6.07) is 12.6. The first-order valence-corrected chi connectivity index (χ1v) is 7.62. The molecular weight excluding hydrogens is 314 g/mol. The molecule has 0 fully saturated rings. The summed E-state index contributed by atoms with van der Waals surface area (Å²) in [5.74, 6) is 0.915. The maximum absolute atomic E-state index is 5.68. The number of rotatable bonds is 5. The van der Waals surface area contributed by atoms with Gasteiger partial charge in [-0.3, -0.25) is 0 Å². The van der Waals surface area contributed by atoms with Crippen LogP contribution in [-0.2, 0) is 6.54 Å². The normalized spacial score (nSPS) is 10.4. The standard InChI is InChI=1S/C17H20BrNO/c1-4-20-17-9-12(2)5-8-16(17)19-11-14-7-6-13(3)15(18)10-14/h5-10,19H,4,11H2,1-3H3. The van der Waals surface area contributed by atoms with E-state index < -0.39 is 0 Å². The summed E-state index contributed by atoms with van der Waals surface area (Å²) in [6.07, 6.45) is 0. The summed E-state index contributed by atoms with van der Waals surface area (Å²) in [5, 5.41) is 3.44. The van der Waals surface area contributed by atoms with Crippen LogP contribution in [-0.4, -0.2) is 6.61 Å². The van der Waals surface area contributed by atoms with Gasteiger partial charge in [0.2, 0.25) is 0 Å². The molecule has 2 aromatic rings. The third-order valence-electron chi connectivity index (χ3n) is 3.16. The van der Waals surface area contributed by atoms with E-state index >= 15 is 0 Å². The number of halogens is 1. The summed E-state index contributed by atoms with van der Waals surface area (Å²) < 4.78 is 6.82. The lowest BCUT2D eigenvalue weighted by molar-refractivity contribution is 0.341. The highest BCUT2D eigenvalue weighted by Crippen LogP contribution is 2.26. The van der Waals surface area contributed by atoms with Crippen molar-refractivity contribution in [2.45, 2.75) is 27.3 Å². The molecular formula is C17H20BrNO. The number of anilines is 1.